The van der Waals surface area contributed by atoms with Crippen molar-refractivity contribution in [2.75, 3.05) is 0 Å². The summed E-state index contributed by atoms with van der Waals surface area (Å²) in [6.07, 6.45) is 7.86. The predicted octanol–water partition coefficient (Wildman–Crippen LogP) is 2.70. The highest BCUT2D eigenvalue weighted by atomic mass is 16.5. The van der Waals surface area contributed by atoms with Crippen LogP contribution in [0.15, 0.2) is 4.52 Å². The largest absolute Gasteiger partial charge is 0.338 e. The molecular weight excluding hydrogens is 238 g/mol. The molecule has 0 aromatic carbocycles. The zero-order valence-corrected chi connectivity index (χ0v) is 11.6. The molecule has 0 aliphatic heterocycles. The quantitative estimate of drug-likeness (QED) is 0.908. The van der Waals surface area contributed by atoms with Crippen LogP contribution in [0.5, 0.6) is 0 Å². The van der Waals surface area contributed by atoms with Crippen LogP contribution in [0.2, 0.25) is 0 Å². The summed E-state index contributed by atoms with van der Waals surface area (Å²) in [5.41, 5.74) is 6.49. The highest BCUT2D eigenvalue weighted by Crippen LogP contribution is 2.58. The second-order valence-electron chi connectivity index (χ2n) is 6.94. The van der Waals surface area contributed by atoms with Crippen molar-refractivity contribution < 1.29 is 4.52 Å². The fraction of sp³-hybridized carbons (Fsp3) is 0.867. The highest BCUT2D eigenvalue weighted by molar-refractivity contribution is 5.05. The third-order valence-electron chi connectivity index (χ3n) is 5.80. The van der Waals surface area contributed by atoms with Crippen molar-refractivity contribution in [1.82, 2.24) is 10.1 Å². The monoisotopic (exact) mass is 261 g/mol. The standard InChI is InChI=1S/C15H23N3O/c1-2-12-17-15(19-18-12)14(16)13-10-4-8-3-9(6-10)7-11(13)5-8/h8-11,13-14H,2-7,16H2,1H3. The first-order chi connectivity index (χ1) is 9.24. The fourth-order valence-corrected chi connectivity index (χ4v) is 5.26. The molecule has 104 valence electrons. The molecule has 1 aromatic heterocycles. The van der Waals surface area contributed by atoms with Crippen LogP contribution in [0.25, 0.3) is 0 Å². The molecule has 0 saturated heterocycles. The molecule has 0 amide bonds. The topological polar surface area (TPSA) is 64.9 Å². The lowest BCUT2D eigenvalue weighted by Gasteiger charge is -2.55. The number of hydrogen-bond donors (Lipinski definition) is 1. The zero-order chi connectivity index (χ0) is 13.0. The van der Waals surface area contributed by atoms with Crippen molar-refractivity contribution >= 4 is 0 Å². The van der Waals surface area contributed by atoms with Gasteiger partial charge in [0.2, 0.25) is 5.89 Å². The van der Waals surface area contributed by atoms with Crippen molar-refractivity contribution in [3.05, 3.63) is 11.7 Å². The highest BCUT2D eigenvalue weighted by Gasteiger charge is 2.51. The second-order valence-corrected chi connectivity index (χ2v) is 6.94. The summed E-state index contributed by atoms with van der Waals surface area (Å²) in [6, 6.07) is -0.0391. The lowest BCUT2D eigenvalue weighted by atomic mass is 9.50. The van der Waals surface area contributed by atoms with Gasteiger partial charge in [-0.15, -0.1) is 0 Å². The molecule has 5 rings (SSSR count). The van der Waals surface area contributed by atoms with Crippen LogP contribution in [0.4, 0.5) is 0 Å². The van der Waals surface area contributed by atoms with Crippen LogP contribution in [0, 0.1) is 29.6 Å². The minimum absolute atomic E-state index is 0.0391. The van der Waals surface area contributed by atoms with Crippen molar-refractivity contribution in [2.45, 2.75) is 51.5 Å². The summed E-state index contributed by atoms with van der Waals surface area (Å²) >= 11 is 0. The molecule has 1 atom stereocenters. The van der Waals surface area contributed by atoms with E-state index in [9.17, 15) is 0 Å². The summed E-state index contributed by atoms with van der Waals surface area (Å²) in [6.45, 7) is 2.04. The Bertz CT molecular complexity index is 442. The SMILES string of the molecule is CCc1noc(C(N)C2C3CC4CC(C3)CC2C4)n1. The van der Waals surface area contributed by atoms with E-state index in [1.54, 1.807) is 0 Å². The van der Waals surface area contributed by atoms with E-state index in [1.165, 1.54) is 32.1 Å². The van der Waals surface area contributed by atoms with Gasteiger partial charge in [-0.05, 0) is 61.7 Å². The van der Waals surface area contributed by atoms with Crippen LogP contribution >= 0.6 is 0 Å². The van der Waals surface area contributed by atoms with Gasteiger partial charge < -0.3 is 10.3 Å². The van der Waals surface area contributed by atoms with Gasteiger partial charge in [0.25, 0.3) is 0 Å². The molecule has 4 saturated carbocycles. The molecule has 4 aliphatic rings. The van der Waals surface area contributed by atoms with Crippen molar-refractivity contribution in [1.29, 1.82) is 0 Å². The summed E-state index contributed by atoms with van der Waals surface area (Å²) in [4.78, 5) is 4.46. The molecule has 2 N–H and O–H groups in total. The maximum absolute atomic E-state index is 6.49. The van der Waals surface area contributed by atoms with E-state index in [0.29, 0.717) is 11.8 Å². The Morgan fingerprint density at radius 1 is 1.16 bits per heavy atom. The van der Waals surface area contributed by atoms with Gasteiger partial charge in [-0.3, -0.25) is 0 Å². The van der Waals surface area contributed by atoms with E-state index >= 15 is 0 Å². The van der Waals surface area contributed by atoms with Crippen LogP contribution in [0.1, 0.15) is 56.8 Å². The Kier molecular flexibility index (Phi) is 2.69. The third-order valence-corrected chi connectivity index (χ3v) is 5.80. The van der Waals surface area contributed by atoms with Gasteiger partial charge in [-0.25, -0.2) is 0 Å². The Morgan fingerprint density at radius 2 is 1.79 bits per heavy atom. The smallest absolute Gasteiger partial charge is 0.243 e. The number of nitrogens with zero attached hydrogens (tertiary/aromatic N) is 2. The van der Waals surface area contributed by atoms with E-state index in [2.05, 4.69) is 10.1 Å². The Balaban J connectivity index is 1.58. The molecule has 4 heteroatoms. The Hall–Kier alpha value is -0.900. The van der Waals surface area contributed by atoms with Crippen molar-refractivity contribution in [3.63, 3.8) is 0 Å². The number of rotatable bonds is 3. The third kappa shape index (κ3) is 1.83. The van der Waals surface area contributed by atoms with E-state index in [1.807, 2.05) is 6.92 Å². The zero-order valence-electron chi connectivity index (χ0n) is 11.6. The van der Waals surface area contributed by atoms with E-state index < -0.39 is 0 Å². The minimum atomic E-state index is -0.0391. The molecule has 19 heavy (non-hydrogen) atoms. The summed E-state index contributed by atoms with van der Waals surface area (Å²) < 4.78 is 5.39. The lowest BCUT2D eigenvalue weighted by molar-refractivity contribution is -0.0508. The van der Waals surface area contributed by atoms with Gasteiger partial charge in [0, 0.05) is 6.42 Å². The molecule has 4 fully saturated rings. The normalized spacial score (nSPS) is 41.7. The molecule has 0 radical (unpaired) electrons. The lowest BCUT2D eigenvalue weighted by Crippen LogP contribution is -2.48. The average Bonchev–Trinajstić information content (AvgIpc) is 2.86. The van der Waals surface area contributed by atoms with Crippen LogP contribution in [0.3, 0.4) is 0 Å². The van der Waals surface area contributed by atoms with Gasteiger partial charge in [0.1, 0.15) is 0 Å². The van der Waals surface area contributed by atoms with Crippen molar-refractivity contribution in [3.8, 4) is 0 Å². The Labute approximate surface area is 114 Å². The van der Waals surface area contributed by atoms with Gasteiger partial charge >= 0.3 is 0 Å². The van der Waals surface area contributed by atoms with Crippen molar-refractivity contribution in [2.24, 2.45) is 35.3 Å². The maximum Gasteiger partial charge on any atom is 0.243 e. The predicted molar refractivity (Wildman–Crippen MR) is 71.1 cm³/mol. The molecule has 1 unspecified atom stereocenters. The van der Waals surface area contributed by atoms with Gasteiger partial charge in [-0.1, -0.05) is 12.1 Å². The van der Waals surface area contributed by atoms with Gasteiger partial charge in [0.15, 0.2) is 5.82 Å². The van der Waals surface area contributed by atoms with Crippen LogP contribution < -0.4 is 5.73 Å². The number of hydrogen-bond acceptors (Lipinski definition) is 4. The summed E-state index contributed by atoms with van der Waals surface area (Å²) in [5.74, 6) is 5.63. The number of aromatic nitrogens is 2. The van der Waals surface area contributed by atoms with Gasteiger partial charge in [-0.2, -0.15) is 4.98 Å². The molecule has 0 spiro atoms. The molecule has 1 heterocycles. The van der Waals surface area contributed by atoms with Crippen LogP contribution in [-0.2, 0) is 6.42 Å². The fourth-order valence-electron chi connectivity index (χ4n) is 5.26. The molecule has 1 aromatic rings. The first-order valence-corrected chi connectivity index (χ1v) is 7.82. The summed E-state index contributed by atoms with van der Waals surface area (Å²) in [5, 5.41) is 4.00. The summed E-state index contributed by atoms with van der Waals surface area (Å²) in [7, 11) is 0. The number of nitrogens with two attached hydrogens (primary N) is 1. The molecular formula is C15H23N3O. The first-order valence-electron chi connectivity index (χ1n) is 7.82. The molecule has 4 aliphatic carbocycles. The van der Waals surface area contributed by atoms with Gasteiger partial charge in [0.05, 0.1) is 6.04 Å². The average molecular weight is 261 g/mol. The van der Waals surface area contributed by atoms with E-state index in [4.69, 9.17) is 10.3 Å². The minimum Gasteiger partial charge on any atom is -0.338 e. The number of aryl methyl sites for hydroxylation is 1. The maximum atomic E-state index is 6.49. The van der Waals surface area contributed by atoms with E-state index in [-0.39, 0.29) is 6.04 Å². The van der Waals surface area contributed by atoms with Crippen LogP contribution in [-0.4, -0.2) is 10.1 Å². The molecule has 4 nitrogen and oxygen atoms in total. The second kappa shape index (κ2) is 4.30. The Morgan fingerprint density at radius 3 is 2.32 bits per heavy atom. The first kappa shape index (κ1) is 11.9. The van der Waals surface area contributed by atoms with E-state index in [0.717, 1.165) is 35.9 Å². The molecule has 4 bridgehead atoms.